The van der Waals surface area contributed by atoms with E-state index in [-0.39, 0.29) is 23.7 Å². The number of nitro benzene ring substituents is 1. The molecule has 1 aromatic carbocycles. The van der Waals surface area contributed by atoms with Gasteiger partial charge in [0.1, 0.15) is 6.04 Å². The van der Waals surface area contributed by atoms with Crippen LogP contribution in [-0.4, -0.2) is 57.3 Å². The van der Waals surface area contributed by atoms with Crippen molar-refractivity contribution in [3.05, 3.63) is 52.1 Å². The van der Waals surface area contributed by atoms with Crippen LogP contribution in [0, 0.1) is 22.0 Å². The summed E-state index contributed by atoms with van der Waals surface area (Å²) in [7, 11) is 0. The normalized spacial score (nSPS) is 28.5. The Kier molecular flexibility index (Phi) is 3.87. The zero-order valence-corrected chi connectivity index (χ0v) is 14.4. The Bertz CT molecular complexity index is 924. The van der Waals surface area contributed by atoms with Crippen molar-refractivity contribution in [2.45, 2.75) is 19.0 Å². The average Bonchev–Trinajstić information content (AvgIpc) is 3.14. The predicted molar refractivity (Wildman–Crippen MR) is 93.8 cm³/mol. The van der Waals surface area contributed by atoms with E-state index in [4.69, 9.17) is 0 Å². The number of nitro groups is 1. The number of allylic oxidation sites excluding steroid dienone is 1. The van der Waals surface area contributed by atoms with Gasteiger partial charge in [0.2, 0.25) is 11.8 Å². The molecule has 9 heteroatoms. The summed E-state index contributed by atoms with van der Waals surface area (Å²) in [6.45, 7) is 1.95. The number of rotatable bonds is 4. The van der Waals surface area contributed by atoms with Gasteiger partial charge < -0.3 is 0 Å². The molecule has 3 heterocycles. The van der Waals surface area contributed by atoms with Crippen LogP contribution in [0.1, 0.15) is 17.3 Å². The summed E-state index contributed by atoms with van der Waals surface area (Å²) in [5.41, 5.74) is -0.0912. The molecule has 0 N–H and O–H groups in total. The van der Waals surface area contributed by atoms with E-state index in [0.29, 0.717) is 0 Å². The smallest absolute Gasteiger partial charge is 0.270 e. The number of non-ortho nitro benzene ring substituents is 1. The number of benzene rings is 1. The van der Waals surface area contributed by atoms with Crippen LogP contribution < -0.4 is 0 Å². The molecule has 0 unspecified atom stereocenters. The quantitative estimate of drug-likeness (QED) is 0.339. The van der Waals surface area contributed by atoms with Gasteiger partial charge in [0, 0.05) is 30.5 Å². The first-order valence-electron chi connectivity index (χ1n) is 8.58. The minimum absolute atomic E-state index is 0.119. The van der Waals surface area contributed by atoms with Gasteiger partial charge >= 0.3 is 0 Å². The maximum absolute atomic E-state index is 13.2. The Morgan fingerprint density at radius 3 is 2.70 bits per heavy atom. The van der Waals surface area contributed by atoms with Crippen molar-refractivity contribution < 1.29 is 19.3 Å². The Morgan fingerprint density at radius 2 is 2.00 bits per heavy atom. The van der Waals surface area contributed by atoms with Gasteiger partial charge in [-0.25, -0.2) is 0 Å². The monoisotopic (exact) mass is 368 g/mol. The molecule has 4 rings (SSSR count). The van der Waals surface area contributed by atoms with E-state index in [1.165, 1.54) is 40.4 Å². The van der Waals surface area contributed by atoms with Crippen LogP contribution in [0.5, 0.6) is 0 Å². The number of carbonyl (C=O) groups excluding carboxylic acids is 3. The van der Waals surface area contributed by atoms with E-state index >= 15 is 0 Å². The number of Topliss-reactive ketones (excluding diaryl/α,β-unsaturated/α-hetero) is 1. The number of carbonyl (C=O) groups is 3. The van der Waals surface area contributed by atoms with Crippen molar-refractivity contribution in [3.8, 4) is 0 Å². The Labute approximate surface area is 154 Å². The van der Waals surface area contributed by atoms with Gasteiger partial charge in [0.05, 0.1) is 22.8 Å². The van der Waals surface area contributed by atoms with Crippen molar-refractivity contribution in [1.82, 2.24) is 9.91 Å². The summed E-state index contributed by atoms with van der Waals surface area (Å²) in [5.74, 6) is -2.69. The summed E-state index contributed by atoms with van der Waals surface area (Å²) < 4.78 is 0. The molecule has 0 aliphatic carbocycles. The highest BCUT2D eigenvalue weighted by Crippen LogP contribution is 2.45. The number of amides is 2. The third-order valence-corrected chi connectivity index (χ3v) is 5.31. The Morgan fingerprint density at radius 1 is 1.26 bits per heavy atom. The second-order valence-electron chi connectivity index (χ2n) is 6.61. The number of ketones is 1. The first kappa shape index (κ1) is 17.1. The highest BCUT2D eigenvalue weighted by Gasteiger charge is 2.63. The molecule has 1 aromatic rings. The molecule has 0 radical (unpaired) electrons. The summed E-state index contributed by atoms with van der Waals surface area (Å²) >= 11 is 0. The zero-order chi connectivity index (χ0) is 19.3. The summed E-state index contributed by atoms with van der Waals surface area (Å²) in [6, 6.07) is 3.92. The number of likely N-dealkylation sites (tertiary alicyclic amines) is 1. The lowest BCUT2D eigenvalue weighted by atomic mass is 9.86. The first-order chi connectivity index (χ1) is 13.0. The Balaban J connectivity index is 1.78. The minimum atomic E-state index is -0.976. The SMILES string of the molecule is CCN1C(=O)[C@@H]2[C@H](C1=O)[C@H](C(=O)c1cccc([N+](=O)[O-])c1)N1N=CC=C[C@@H]21. The molecule has 9 nitrogen and oxygen atoms in total. The van der Waals surface area contributed by atoms with Crippen LogP contribution in [-0.2, 0) is 9.59 Å². The Hall–Kier alpha value is -3.36. The molecule has 3 aliphatic rings. The largest absolute Gasteiger partial charge is 0.292 e. The lowest BCUT2D eigenvalue weighted by Gasteiger charge is -2.30. The molecular formula is C18H16N4O5. The molecular weight excluding hydrogens is 352 g/mol. The minimum Gasteiger partial charge on any atom is -0.292 e. The van der Waals surface area contributed by atoms with E-state index in [9.17, 15) is 24.5 Å². The van der Waals surface area contributed by atoms with Crippen LogP contribution in [0.25, 0.3) is 0 Å². The summed E-state index contributed by atoms with van der Waals surface area (Å²) in [4.78, 5) is 50.4. The van der Waals surface area contributed by atoms with Crippen LogP contribution in [0.4, 0.5) is 5.69 Å². The molecule has 27 heavy (non-hydrogen) atoms. The maximum atomic E-state index is 13.2. The number of hydrogen-bond donors (Lipinski definition) is 0. The van der Waals surface area contributed by atoms with Gasteiger partial charge in [-0.2, -0.15) is 5.10 Å². The third kappa shape index (κ3) is 2.38. The lowest BCUT2D eigenvalue weighted by molar-refractivity contribution is -0.384. The number of hydrazone groups is 1. The molecule has 0 saturated carbocycles. The number of hydrogen-bond acceptors (Lipinski definition) is 7. The second kappa shape index (κ2) is 6.11. The van der Waals surface area contributed by atoms with Crippen LogP contribution in [0.2, 0.25) is 0 Å². The fourth-order valence-electron chi connectivity index (χ4n) is 4.15. The standard InChI is InChI=1S/C18H16N4O5/c1-2-20-17(24)13-12-7-4-8-19-21(12)15(14(13)18(20)25)16(23)10-5-3-6-11(9-10)22(26)27/h3-9,12-15H,2H2,1H3/t12-,13-,14-,15+/m0/s1. The van der Waals surface area contributed by atoms with Crippen LogP contribution >= 0.6 is 0 Å². The van der Waals surface area contributed by atoms with E-state index < -0.39 is 40.5 Å². The molecule has 2 amide bonds. The van der Waals surface area contributed by atoms with Crippen molar-refractivity contribution in [1.29, 1.82) is 0 Å². The predicted octanol–water partition coefficient (Wildman–Crippen LogP) is 1.01. The number of imide groups is 1. The maximum Gasteiger partial charge on any atom is 0.270 e. The topological polar surface area (TPSA) is 113 Å². The molecule has 0 spiro atoms. The molecule has 0 aromatic heterocycles. The van der Waals surface area contributed by atoms with Gasteiger partial charge in [0.15, 0.2) is 5.78 Å². The van der Waals surface area contributed by atoms with Gasteiger partial charge in [-0.1, -0.05) is 18.2 Å². The van der Waals surface area contributed by atoms with Crippen molar-refractivity contribution in [2.75, 3.05) is 6.54 Å². The molecule has 138 valence electrons. The van der Waals surface area contributed by atoms with E-state index in [1.807, 2.05) is 0 Å². The fraction of sp³-hybridized carbons (Fsp3) is 0.333. The molecule has 3 aliphatic heterocycles. The molecule has 4 atom stereocenters. The van der Waals surface area contributed by atoms with Gasteiger partial charge in [0.25, 0.3) is 5.69 Å². The molecule has 0 bridgehead atoms. The zero-order valence-electron chi connectivity index (χ0n) is 14.4. The lowest BCUT2D eigenvalue weighted by Crippen LogP contribution is -2.45. The number of fused-ring (bicyclic) bond motifs is 3. The van der Waals surface area contributed by atoms with Crippen molar-refractivity contribution in [3.63, 3.8) is 0 Å². The molecule has 2 saturated heterocycles. The highest BCUT2D eigenvalue weighted by atomic mass is 16.6. The van der Waals surface area contributed by atoms with E-state index in [1.54, 1.807) is 19.1 Å². The highest BCUT2D eigenvalue weighted by molar-refractivity contribution is 6.12. The van der Waals surface area contributed by atoms with Gasteiger partial charge in [-0.15, -0.1) is 0 Å². The van der Waals surface area contributed by atoms with E-state index in [2.05, 4.69) is 5.10 Å². The van der Waals surface area contributed by atoms with Crippen LogP contribution in [0.15, 0.2) is 41.5 Å². The number of nitrogens with zero attached hydrogens (tertiary/aromatic N) is 4. The van der Waals surface area contributed by atoms with Crippen molar-refractivity contribution in [2.24, 2.45) is 16.9 Å². The van der Waals surface area contributed by atoms with E-state index in [0.717, 1.165) is 0 Å². The summed E-state index contributed by atoms with van der Waals surface area (Å²) in [5, 5.41) is 16.7. The van der Waals surface area contributed by atoms with Gasteiger partial charge in [-0.3, -0.25) is 34.4 Å². The van der Waals surface area contributed by atoms with Crippen LogP contribution in [0.3, 0.4) is 0 Å². The van der Waals surface area contributed by atoms with Gasteiger partial charge in [-0.05, 0) is 13.0 Å². The molecule has 2 fully saturated rings. The average molecular weight is 368 g/mol. The first-order valence-corrected chi connectivity index (χ1v) is 8.58. The van der Waals surface area contributed by atoms with Crippen molar-refractivity contribution >= 4 is 29.5 Å². The third-order valence-electron chi connectivity index (χ3n) is 5.31. The fourth-order valence-corrected chi connectivity index (χ4v) is 4.15. The summed E-state index contributed by atoms with van der Waals surface area (Å²) in [6.07, 6.45) is 4.94. The second-order valence-corrected chi connectivity index (χ2v) is 6.61.